The molecule has 0 spiro atoms. The second kappa shape index (κ2) is 8.13. The van der Waals surface area contributed by atoms with Crippen molar-refractivity contribution in [3.8, 4) is 11.4 Å². The second-order valence-corrected chi connectivity index (χ2v) is 7.17. The topological polar surface area (TPSA) is 123 Å². The average molecular weight is 478 g/mol. The number of fused-ring (bicyclic) bond motifs is 1. The number of ketones is 1. The molecule has 1 aliphatic carbocycles. The molecule has 0 unspecified atom stereocenters. The number of allylic oxidation sites excluding steroid dienone is 1. The first-order valence-electron chi connectivity index (χ1n) is 8.72. The van der Waals surface area contributed by atoms with Gasteiger partial charge in [-0.05, 0) is 46.6 Å². The van der Waals surface area contributed by atoms with Crippen LogP contribution in [0.3, 0.4) is 0 Å². The van der Waals surface area contributed by atoms with Crippen LogP contribution in [0.25, 0.3) is 11.4 Å². The number of ether oxygens (including phenoxy) is 4. The van der Waals surface area contributed by atoms with Gasteiger partial charge in [-0.1, -0.05) is 0 Å². The summed E-state index contributed by atoms with van der Waals surface area (Å²) in [6, 6.07) is 4.84. The van der Waals surface area contributed by atoms with Gasteiger partial charge in [-0.25, -0.2) is 14.8 Å². The standard InChI is InChI=1S/C20H20BrN3O6/c1-9-8-11(22)16(24-14(9)19(26)28-3)12-7-6-10-15(23-12)17(25)13(21)18(27-2)20(10,29-4)30-5/h6-8H,22H2,1-5H3. The molecule has 0 fully saturated rings. The van der Waals surface area contributed by atoms with Crippen molar-refractivity contribution in [3.05, 3.63) is 51.0 Å². The van der Waals surface area contributed by atoms with Crippen molar-refractivity contribution in [1.29, 1.82) is 0 Å². The largest absolute Gasteiger partial charge is 0.494 e. The number of halogens is 1. The maximum atomic E-state index is 13.0. The summed E-state index contributed by atoms with van der Waals surface area (Å²) in [5, 5.41) is 0. The molecule has 2 aromatic rings. The predicted molar refractivity (Wildman–Crippen MR) is 111 cm³/mol. The van der Waals surface area contributed by atoms with Crippen molar-refractivity contribution in [2.45, 2.75) is 12.7 Å². The van der Waals surface area contributed by atoms with E-state index in [9.17, 15) is 9.59 Å². The van der Waals surface area contributed by atoms with E-state index in [1.807, 2.05) is 0 Å². The van der Waals surface area contributed by atoms with Gasteiger partial charge in [0, 0.05) is 19.8 Å². The number of carbonyl (C=O) groups is 2. The molecule has 0 aliphatic heterocycles. The number of nitrogen functional groups attached to an aromatic ring is 1. The molecule has 0 atom stereocenters. The van der Waals surface area contributed by atoms with Gasteiger partial charge < -0.3 is 24.7 Å². The molecule has 0 saturated heterocycles. The molecule has 0 bridgehead atoms. The van der Waals surface area contributed by atoms with E-state index in [0.29, 0.717) is 22.5 Å². The summed E-state index contributed by atoms with van der Waals surface area (Å²) in [6.07, 6.45) is 0. The van der Waals surface area contributed by atoms with Crippen LogP contribution in [0.5, 0.6) is 0 Å². The van der Waals surface area contributed by atoms with Crippen LogP contribution < -0.4 is 5.73 Å². The van der Waals surface area contributed by atoms with Gasteiger partial charge in [0.2, 0.25) is 5.78 Å². The van der Waals surface area contributed by atoms with Crippen LogP contribution >= 0.6 is 15.9 Å². The van der Waals surface area contributed by atoms with Gasteiger partial charge in [0.25, 0.3) is 5.79 Å². The molecule has 0 saturated carbocycles. The van der Waals surface area contributed by atoms with Crippen LogP contribution in [0.4, 0.5) is 5.69 Å². The van der Waals surface area contributed by atoms with E-state index in [0.717, 1.165) is 0 Å². The van der Waals surface area contributed by atoms with E-state index in [1.54, 1.807) is 25.1 Å². The Labute approximate surface area is 181 Å². The highest BCUT2D eigenvalue weighted by Crippen LogP contribution is 2.44. The lowest BCUT2D eigenvalue weighted by Crippen LogP contribution is -2.40. The molecule has 9 nitrogen and oxygen atoms in total. The number of methoxy groups -OCH3 is 4. The third-order valence-corrected chi connectivity index (χ3v) is 5.53. The summed E-state index contributed by atoms with van der Waals surface area (Å²) >= 11 is 3.26. The zero-order valence-electron chi connectivity index (χ0n) is 17.0. The number of Topliss-reactive ketones (excluding diaryl/α,β-unsaturated/α-hetero) is 1. The average Bonchev–Trinajstić information content (AvgIpc) is 2.75. The van der Waals surface area contributed by atoms with E-state index in [4.69, 9.17) is 24.7 Å². The fourth-order valence-corrected chi connectivity index (χ4v) is 3.97. The molecular formula is C20H20BrN3O6. The zero-order valence-corrected chi connectivity index (χ0v) is 18.6. The molecule has 0 amide bonds. The summed E-state index contributed by atoms with van der Waals surface area (Å²) in [7, 11) is 5.53. The molecule has 3 rings (SSSR count). The summed E-state index contributed by atoms with van der Waals surface area (Å²) in [5.41, 5.74) is 8.07. The zero-order chi connectivity index (χ0) is 22.2. The van der Waals surface area contributed by atoms with E-state index in [2.05, 4.69) is 25.9 Å². The molecule has 2 N–H and O–H groups in total. The van der Waals surface area contributed by atoms with E-state index < -0.39 is 17.5 Å². The Kier molecular flexibility index (Phi) is 5.93. The number of aryl methyl sites for hydroxylation is 1. The Morgan fingerprint density at radius 3 is 2.33 bits per heavy atom. The Morgan fingerprint density at radius 2 is 1.77 bits per heavy atom. The minimum atomic E-state index is -1.47. The van der Waals surface area contributed by atoms with Gasteiger partial charge in [0.1, 0.15) is 15.9 Å². The van der Waals surface area contributed by atoms with Crippen LogP contribution in [0.2, 0.25) is 0 Å². The molecule has 2 aromatic heterocycles. The summed E-state index contributed by atoms with van der Waals surface area (Å²) < 4.78 is 21.5. The van der Waals surface area contributed by atoms with Crippen molar-refractivity contribution in [2.75, 3.05) is 34.2 Å². The Bertz CT molecular complexity index is 1080. The first kappa shape index (κ1) is 21.9. The molecule has 30 heavy (non-hydrogen) atoms. The van der Waals surface area contributed by atoms with Crippen LogP contribution in [-0.4, -0.2) is 50.2 Å². The molecular weight excluding hydrogens is 458 g/mol. The maximum Gasteiger partial charge on any atom is 0.356 e. The second-order valence-electron chi connectivity index (χ2n) is 6.38. The molecule has 158 valence electrons. The molecule has 1 aliphatic rings. The number of rotatable bonds is 5. The van der Waals surface area contributed by atoms with Gasteiger partial charge in [-0.15, -0.1) is 0 Å². The van der Waals surface area contributed by atoms with Crippen LogP contribution in [0, 0.1) is 6.92 Å². The van der Waals surface area contributed by atoms with E-state index in [1.165, 1.54) is 28.4 Å². The van der Waals surface area contributed by atoms with Gasteiger partial charge in [-0.2, -0.15) is 0 Å². The lowest BCUT2D eigenvalue weighted by Gasteiger charge is -2.36. The third kappa shape index (κ3) is 3.17. The van der Waals surface area contributed by atoms with Crippen LogP contribution in [0.1, 0.15) is 32.1 Å². The summed E-state index contributed by atoms with van der Waals surface area (Å²) in [6.45, 7) is 1.70. The number of nitrogens with two attached hydrogens (primary N) is 1. The van der Waals surface area contributed by atoms with E-state index in [-0.39, 0.29) is 27.3 Å². The summed E-state index contributed by atoms with van der Waals surface area (Å²) in [4.78, 5) is 33.8. The third-order valence-electron chi connectivity index (χ3n) is 4.81. The van der Waals surface area contributed by atoms with Gasteiger partial charge in [0.05, 0.1) is 25.6 Å². The lowest BCUT2D eigenvalue weighted by molar-refractivity contribution is -0.210. The molecule has 0 radical (unpaired) electrons. The number of carbonyl (C=O) groups excluding carboxylic acids is 2. The van der Waals surface area contributed by atoms with Crippen LogP contribution in [0.15, 0.2) is 28.4 Å². The highest BCUT2D eigenvalue weighted by atomic mass is 79.9. The first-order valence-corrected chi connectivity index (χ1v) is 9.51. The van der Waals surface area contributed by atoms with E-state index >= 15 is 0 Å². The van der Waals surface area contributed by atoms with Crippen LogP contribution in [-0.2, 0) is 24.7 Å². The normalized spacial score (nSPS) is 15.1. The van der Waals surface area contributed by atoms with Crippen molar-refractivity contribution >= 4 is 33.4 Å². The fourth-order valence-electron chi connectivity index (χ4n) is 3.36. The quantitative estimate of drug-likeness (QED) is 0.511. The smallest absolute Gasteiger partial charge is 0.356 e. The number of hydrogen-bond donors (Lipinski definition) is 1. The highest BCUT2D eigenvalue weighted by Gasteiger charge is 2.49. The van der Waals surface area contributed by atoms with Gasteiger partial charge in [0.15, 0.2) is 11.5 Å². The number of esters is 1. The predicted octanol–water partition coefficient (Wildman–Crippen LogP) is 2.72. The highest BCUT2D eigenvalue weighted by molar-refractivity contribution is 9.12. The van der Waals surface area contributed by atoms with Crippen molar-refractivity contribution in [3.63, 3.8) is 0 Å². The number of anilines is 1. The van der Waals surface area contributed by atoms with Gasteiger partial charge in [-0.3, -0.25) is 4.79 Å². The summed E-state index contributed by atoms with van der Waals surface area (Å²) in [5.74, 6) is -2.32. The first-order chi connectivity index (χ1) is 14.2. The number of pyridine rings is 2. The maximum absolute atomic E-state index is 13.0. The molecule has 10 heteroatoms. The number of nitrogens with zero attached hydrogens (tertiary/aromatic N) is 2. The monoisotopic (exact) mass is 477 g/mol. The Hall–Kier alpha value is -2.82. The number of hydrogen-bond acceptors (Lipinski definition) is 9. The van der Waals surface area contributed by atoms with Crippen molar-refractivity contribution < 1.29 is 28.5 Å². The molecule has 0 aromatic carbocycles. The fraction of sp³-hybridized carbons (Fsp3) is 0.300. The number of aromatic nitrogens is 2. The van der Waals surface area contributed by atoms with Crippen molar-refractivity contribution in [2.24, 2.45) is 0 Å². The van der Waals surface area contributed by atoms with Gasteiger partial charge >= 0.3 is 5.97 Å². The minimum Gasteiger partial charge on any atom is -0.494 e. The van der Waals surface area contributed by atoms with Crippen molar-refractivity contribution in [1.82, 2.24) is 9.97 Å². The Balaban J connectivity index is 2.25. The Morgan fingerprint density at radius 1 is 1.10 bits per heavy atom. The molecule has 2 heterocycles. The SMILES string of the molecule is COC(=O)c1nc(-c2ccc3c(n2)C(=O)C(Br)=C(OC)C3(OC)OC)c(N)cc1C. The minimum absolute atomic E-state index is 0.0743. The lowest BCUT2D eigenvalue weighted by atomic mass is 9.92.